The molecule has 3 heterocycles. The highest BCUT2D eigenvalue weighted by Gasteiger charge is 2.44. The third kappa shape index (κ3) is 3.81. The van der Waals surface area contributed by atoms with Crippen molar-refractivity contribution in [1.82, 2.24) is 14.5 Å². The largest absolute Gasteiger partial charge is 0.354 e. The van der Waals surface area contributed by atoms with Gasteiger partial charge in [0.15, 0.2) is 0 Å². The van der Waals surface area contributed by atoms with Gasteiger partial charge in [-0.3, -0.25) is 4.57 Å². The zero-order valence-corrected chi connectivity index (χ0v) is 16.5. The van der Waals surface area contributed by atoms with Crippen molar-refractivity contribution >= 4 is 11.0 Å². The summed E-state index contributed by atoms with van der Waals surface area (Å²) in [5, 5.41) is 0.951. The van der Waals surface area contributed by atoms with Gasteiger partial charge < -0.3 is 9.72 Å². The Morgan fingerprint density at radius 3 is 2.56 bits per heavy atom. The molecule has 138 valence electrons. The zero-order chi connectivity index (χ0) is 18.6. The van der Waals surface area contributed by atoms with Crippen LogP contribution in [-0.2, 0) is 4.74 Å². The van der Waals surface area contributed by atoms with Crippen LogP contribution in [0, 0.1) is 23.7 Å². The average Bonchev–Trinajstić information content (AvgIpc) is 2.97. The van der Waals surface area contributed by atoms with Crippen molar-refractivity contribution in [2.45, 2.75) is 73.6 Å². The van der Waals surface area contributed by atoms with Gasteiger partial charge in [-0.1, -0.05) is 41.5 Å². The van der Waals surface area contributed by atoms with E-state index >= 15 is 0 Å². The van der Waals surface area contributed by atoms with Crippen molar-refractivity contribution in [2.24, 2.45) is 16.7 Å². The molecule has 5 nitrogen and oxygen atoms in total. The van der Waals surface area contributed by atoms with E-state index in [1.165, 1.54) is 0 Å². The van der Waals surface area contributed by atoms with Crippen LogP contribution in [0.15, 0.2) is 17.1 Å². The van der Waals surface area contributed by atoms with Gasteiger partial charge in [0.05, 0.1) is 6.10 Å². The van der Waals surface area contributed by atoms with E-state index < -0.39 is 0 Å². The number of rotatable bonds is 2. The van der Waals surface area contributed by atoms with Crippen molar-refractivity contribution in [3.05, 3.63) is 28.4 Å². The Morgan fingerprint density at radius 2 is 1.96 bits per heavy atom. The molecule has 0 aliphatic carbocycles. The summed E-state index contributed by atoms with van der Waals surface area (Å²) in [5.41, 5.74) is 1.73. The number of aromatic nitrogens is 3. The van der Waals surface area contributed by atoms with Gasteiger partial charge in [0.2, 0.25) is 0 Å². The van der Waals surface area contributed by atoms with Crippen LogP contribution in [0.5, 0.6) is 0 Å². The maximum atomic E-state index is 12.5. The Kier molecular flexibility index (Phi) is 4.34. The third-order valence-corrected chi connectivity index (χ3v) is 5.14. The molecule has 1 fully saturated rings. The number of aryl methyl sites for hydroxylation is 1. The van der Waals surface area contributed by atoms with Gasteiger partial charge in [0.1, 0.15) is 11.9 Å². The first-order valence-corrected chi connectivity index (χ1v) is 9.18. The van der Waals surface area contributed by atoms with E-state index in [1.807, 2.05) is 19.2 Å². The molecule has 5 heteroatoms. The average molecular weight is 345 g/mol. The quantitative estimate of drug-likeness (QED) is 0.876. The Bertz CT molecular complexity index is 820. The molecule has 0 saturated carbocycles. The van der Waals surface area contributed by atoms with Gasteiger partial charge in [-0.15, -0.1) is 0 Å². The van der Waals surface area contributed by atoms with Crippen LogP contribution in [0.1, 0.15) is 66.3 Å². The lowest BCUT2D eigenvalue weighted by atomic mass is 9.73. The van der Waals surface area contributed by atoms with Crippen LogP contribution in [0.4, 0.5) is 0 Å². The van der Waals surface area contributed by atoms with E-state index in [0.717, 1.165) is 23.9 Å². The molecule has 3 rings (SSSR count). The monoisotopic (exact) mass is 345 g/mol. The third-order valence-electron chi connectivity index (χ3n) is 5.14. The first-order chi connectivity index (χ1) is 11.4. The van der Waals surface area contributed by atoms with Crippen LogP contribution in [0.2, 0.25) is 0 Å². The molecule has 1 aliphatic rings. The van der Waals surface area contributed by atoms with Crippen molar-refractivity contribution in [3.63, 3.8) is 0 Å². The van der Waals surface area contributed by atoms with E-state index in [4.69, 9.17) is 4.74 Å². The fraction of sp³-hybridized carbons (Fsp3) is 0.700. The molecule has 2 aromatic heterocycles. The van der Waals surface area contributed by atoms with Gasteiger partial charge in [-0.25, -0.2) is 4.79 Å². The topological polar surface area (TPSA) is 59.9 Å². The summed E-state index contributed by atoms with van der Waals surface area (Å²) in [6.45, 7) is 15.5. The molecule has 0 amide bonds. The van der Waals surface area contributed by atoms with Gasteiger partial charge in [-0.2, -0.15) is 4.98 Å². The minimum Gasteiger partial charge on any atom is -0.354 e. The SMILES string of the molecule is Cc1cc2cn([C@H]3CC(C(C)(C)C)[C@@H](CC(C)(C)C)O3)c(=O)nc2[nH]1. The van der Waals surface area contributed by atoms with Gasteiger partial charge in [0, 0.05) is 17.3 Å². The number of hydrogen-bond donors (Lipinski definition) is 1. The van der Waals surface area contributed by atoms with E-state index in [2.05, 4.69) is 51.5 Å². The lowest BCUT2D eigenvalue weighted by Gasteiger charge is -2.33. The Balaban J connectivity index is 1.95. The lowest BCUT2D eigenvalue weighted by molar-refractivity contribution is -0.0339. The first-order valence-electron chi connectivity index (χ1n) is 9.18. The van der Waals surface area contributed by atoms with Crippen LogP contribution < -0.4 is 5.69 Å². The Morgan fingerprint density at radius 1 is 1.28 bits per heavy atom. The second kappa shape index (κ2) is 5.97. The summed E-state index contributed by atoms with van der Waals surface area (Å²) in [5.74, 6) is 0.410. The minimum atomic E-state index is -0.247. The summed E-state index contributed by atoms with van der Waals surface area (Å²) in [6, 6.07) is 2.01. The van der Waals surface area contributed by atoms with Gasteiger partial charge in [0.25, 0.3) is 0 Å². The molecule has 2 aromatic rings. The summed E-state index contributed by atoms with van der Waals surface area (Å²) in [7, 11) is 0. The fourth-order valence-electron chi connectivity index (χ4n) is 3.96. The number of H-pyrrole nitrogens is 1. The van der Waals surface area contributed by atoms with Crippen LogP contribution in [-0.4, -0.2) is 20.6 Å². The molecule has 25 heavy (non-hydrogen) atoms. The Labute approximate surface area is 149 Å². The predicted molar refractivity (Wildman–Crippen MR) is 101 cm³/mol. The highest BCUT2D eigenvalue weighted by molar-refractivity contribution is 5.75. The summed E-state index contributed by atoms with van der Waals surface area (Å²) in [4.78, 5) is 19.9. The van der Waals surface area contributed by atoms with Crippen LogP contribution >= 0.6 is 0 Å². The molecular weight excluding hydrogens is 314 g/mol. The maximum Gasteiger partial charge on any atom is 0.351 e. The molecule has 0 spiro atoms. The highest BCUT2D eigenvalue weighted by atomic mass is 16.5. The second-order valence-corrected chi connectivity index (χ2v) is 9.79. The van der Waals surface area contributed by atoms with Crippen molar-refractivity contribution < 1.29 is 4.74 Å². The molecule has 1 aliphatic heterocycles. The Hall–Kier alpha value is -1.62. The van der Waals surface area contributed by atoms with Crippen molar-refractivity contribution in [2.75, 3.05) is 0 Å². The van der Waals surface area contributed by atoms with E-state index in [9.17, 15) is 4.79 Å². The van der Waals surface area contributed by atoms with E-state index in [0.29, 0.717) is 11.6 Å². The van der Waals surface area contributed by atoms with Crippen LogP contribution in [0.25, 0.3) is 11.0 Å². The predicted octanol–water partition coefficient (Wildman–Crippen LogP) is 4.42. The van der Waals surface area contributed by atoms with Gasteiger partial charge >= 0.3 is 5.69 Å². The number of fused-ring (bicyclic) bond motifs is 1. The van der Waals surface area contributed by atoms with E-state index in [1.54, 1.807) is 4.57 Å². The second-order valence-electron chi connectivity index (χ2n) is 9.79. The normalized spacial score (nSPS) is 25.0. The number of aromatic amines is 1. The zero-order valence-electron chi connectivity index (χ0n) is 16.5. The summed E-state index contributed by atoms with van der Waals surface area (Å²) < 4.78 is 8.09. The number of hydrogen-bond acceptors (Lipinski definition) is 3. The van der Waals surface area contributed by atoms with E-state index in [-0.39, 0.29) is 28.9 Å². The molecule has 3 atom stereocenters. The smallest absolute Gasteiger partial charge is 0.351 e. The van der Waals surface area contributed by atoms with Crippen molar-refractivity contribution in [3.8, 4) is 0 Å². The highest BCUT2D eigenvalue weighted by Crippen LogP contribution is 2.46. The summed E-state index contributed by atoms with van der Waals surface area (Å²) >= 11 is 0. The minimum absolute atomic E-state index is 0.135. The summed E-state index contributed by atoms with van der Waals surface area (Å²) in [6.07, 6.45) is 3.63. The molecule has 1 unspecified atom stereocenters. The number of nitrogens with zero attached hydrogens (tertiary/aromatic N) is 2. The molecule has 0 aromatic carbocycles. The molecule has 0 bridgehead atoms. The fourth-order valence-corrected chi connectivity index (χ4v) is 3.96. The standard InChI is InChI=1S/C20H31N3O2/c1-12-8-13-11-23(18(24)22-17(13)21-12)16-9-14(20(5,6)7)15(25-16)10-19(2,3)4/h8,11,14-16H,9-10H2,1-7H3,(H,21,22,24)/t14?,15-,16-/m1/s1. The molecule has 1 saturated heterocycles. The molecule has 0 radical (unpaired) electrons. The van der Waals surface area contributed by atoms with Crippen molar-refractivity contribution in [1.29, 1.82) is 0 Å². The molecular formula is C20H31N3O2. The van der Waals surface area contributed by atoms with Crippen LogP contribution in [0.3, 0.4) is 0 Å². The number of ether oxygens (including phenoxy) is 1. The molecule has 1 N–H and O–H groups in total. The first kappa shape index (κ1) is 18.2. The lowest BCUT2D eigenvalue weighted by Crippen LogP contribution is -2.31. The van der Waals surface area contributed by atoms with Gasteiger partial charge in [-0.05, 0) is 42.6 Å². The maximum absolute atomic E-state index is 12.5. The number of nitrogens with one attached hydrogen (secondary N) is 1.